The third kappa shape index (κ3) is 3.28. The second kappa shape index (κ2) is 7.35. The molecule has 0 spiro atoms. The maximum absolute atomic E-state index is 3.21. The molecule has 0 aliphatic rings. The van der Waals surface area contributed by atoms with Crippen LogP contribution in [0, 0.1) is 0 Å². The summed E-state index contributed by atoms with van der Waals surface area (Å²) >= 11 is -2.10. The van der Waals surface area contributed by atoms with Gasteiger partial charge in [-0.15, -0.1) is 12.4 Å². The molecule has 1 unspecified atom stereocenters. The molecule has 3 aromatic carbocycles. The fraction of sp³-hybridized carbons (Fsp3) is 0. The summed E-state index contributed by atoms with van der Waals surface area (Å²) < 4.78 is 4.29. The van der Waals surface area contributed by atoms with E-state index in [0.717, 1.165) is 0 Å². The van der Waals surface area contributed by atoms with E-state index in [0.29, 0.717) is 0 Å². The summed E-state index contributed by atoms with van der Waals surface area (Å²) in [5.74, 6) is 0. The van der Waals surface area contributed by atoms with Gasteiger partial charge in [-0.2, -0.15) is 0 Å². The first-order chi connectivity index (χ1) is 9.82. The molecular weight excluding hydrogens is 389 g/mol. The van der Waals surface area contributed by atoms with Gasteiger partial charge in [-0.1, -0.05) is 0 Å². The summed E-state index contributed by atoms with van der Waals surface area (Å²) in [6.07, 6.45) is 0. The standard InChI is InChI=1S/3C6H5.ClH.H2P.Pd/c3*1-2-4-6-5-3-1;;;/h3*1-5H;1H;1H2;/q;;;;-1;+1. The Morgan fingerprint density at radius 1 is 0.476 bits per heavy atom. The van der Waals surface area contributed by atoms with Crippen LogP contribution in [0.1, 0.15) is 0 Å². The molecule has 0 aromatic heterocycles. The molecule has 0 heterocycles. The molecule has 0 aliphatic heterocycles. The van der Waals surface area contributed by atoms with E-state index >= 15 is 0 Å². The molecule has 0 saturated carbocycles. The first kappa shape index (κ1) is 16.4. The normalized spacial score (nSPS) is 11.5. The first-order valence-corrected chi connectivity index (χ1v) is 11.8. The molecule has 0 N–H and O–H groups in total. The molecule has 0 bridgehead atoms. The Balaban J connectivity index is 0.00000161. The van der Waals surface area contributed by atoms with Crippen LogP contribution < -0.4 is 12.1 Å². The molecular formula is C18H18ClPPd. The summed E-state index contributed by atoms with van der Waals surface area (Å²) in [6.45, 7) is 0. The van der Waals surface area contributed by atoms with Gasteiger partial charge in [-0.25, -0.2) is 0 Å². The Morgan fingerprint density at radius 3 is 0.952 bits per heavy atom. The van der Waals surface area contributed by atoms with Crippen LogP contribution in [-0.4, -0.2) is 0 Å². The van der Waals surface area contributed by atoms with Crippen molar-refractivity contribution < 1.29 is 15.0 Å². The third-order valence-electron chi connectivity index (χ3n) is 3.00. The molecule has 21 heavy (non-hydrogen) atoms. The van der Waals surface area contributed by atoms with Crippen molar-refractivity contribution in [1.29, 1.82) is 0 Å². The van der Waals surface area contributed by atoms with Gasteiger partial charge in [-0.05, 0) is 0 Å². The van der Waals surface area contributed by atoms with Crippen molar-refractivity contribution in [2.75, 3.05) is 0 Å². The molecule has 3 heteroatoms. The van der Waals surface area contributed by atoms with Gasteiger partial charge >= 0.3 is 126 Å². The van der Waals surface area contributed by atoms with Crippen LogP contribution in [0.5, 0.6) is 0 Å². The topological polar surface area (TPSA) is 0 Å². The van der Waals surface area contributed by atoms with Crippen LogP contribution in [0.25, 0.3) is 0 Å². The Kier molecular flexibility index (Phi) is 5.74. The average Bonchev–Trinajstić information content (AvgIpc) is 2.56. The van der Waals surface area contributed by atoms with E-state index in [9.17, 15) is 0 Å². The van der Waals surface area contributed by atoms with Crippen molar-refractivity contribution in [3.8, 4) is 0 Å². The van der Waals surface area contributed by atoms with Crippen LogP contribution in [0.3, 0.4) is 0 Å². The Hall–Kier alpha value is -0.958. The summed E-state index contributed by atoms with van der Waals surface area (Å²) in [5, 5.41) is 0. The third-order valence-corrected chi connectivity index (χ3v) is 12.5. The average molecular weight is 407 g/mol. The van der Waals surface area contributed by atoms with Crippen LogP contribution in [0.2, 0.25) is 0 Å². The van der Waals surface area contributed by atoms with E-state index in [1.54, 1.807) is 0 Å². The zero-order valence-electron chi connectivity index (χ0n) is 11.5. The number of rotatable bonds is 3. The Bertz CT molecular complexity index is 575. The van der Waals surface area contributed by atoms with E-state index in [4.69, 9.17) is 0 Å². The minimum absolute atomic E-state index is 0. The molecule has 0 aliphatic carbocycles. The van der Waals surface area contributed by atoms with Crippen molar-refractivity contribution in [1.82, 2.24) is 0 Å². The van der Waals surface area contributed by atoms with Crippen LogP contribution in [0.15, 0.2) is 91.0 Å². The number of hydrogen-bond acceptors (Lipinski definition) is 0. The fourth-order valence-electron chi connectivity index (χ4n) is 2.02. The van der Waals surface area contributed by atoms with E-state index in [-0.39, 0.29) is 12.4 Å². The monoisotopic (exact) mass is 406 g/mol. The Morgan fingerprint density at radius 2 is 0.714 bits per heavy atom. The predicted octanol–water partition coefficient (Wildman–Crippen LogP) is 3.33. The molecule has 0 saturated heterocycles. The molecule has 0 fully saturated rings. The molecule has 0 amide bonds. The molecule has 3 aromatic rings. The summed E-state index contributed by atoms with van der Waals surface area (Å²) in [5.41, 5.74) is 0. The maximum atomic E-state index is 3.21. The second-order valence-corrected chi connectivity index (χ2v) is 12.7. The van der Waals surface area contributed by atoms with Gasteiger partial charge in [0.15, 0.2) is 0 Å². The molecule has 112 valence electrons. The molecule has 0 radical (unpaired) electrons. The van der Waals surface area contributed by atoms with Gasteiger partial charge in [0.05, 0.1) is 0 Å². The van der Waals surface area contributed by atoms with Gasteiger partial charge in [0.25, 0.3) is 0 Å². The number of hydrogen-bond donors (Lipinski definition) is 0. The predicted molar refractivity (Wildman–Crippen MR) is 95.2 cm³/mol. The van der Waals surface area contributed by atoms with Crippen molar-refractivity contribution in [2.24, 2.45) is 0 Å². The van der Waals surface area contributed by atoms with Gasteiger partial charge in [0.1, 0.15) is 0 Å². The van der Waals surface area contributed by atoms with Crippen molar-refractivity contribution in [3.63, 3.8) is 0 Å². The van der Waals surface area contributed by atoms with E-state index in [1.165, 1.54) is 12.1 Å². The zero-order valence-corrected chi connectivity index (χ0v) is 15.0. The summed E-state index contributed by atoms with van der Waals surface area (Å²) in [7, 11) is 3.21. The van der Waals surface area contributed by atoms with Crippen molar-refractivity contribution in [3.05, 3.63) is 91.0 Å². The second-order valence-electron chi connectivity index (χ2n) is 4.29. The quantitative estimate of drug-likeness (QED) is 0.462. The summed E-state index contributed by atoms with van der Waals surface area (Å²) in [4.78, 5) is 0. The molecule has 0 nitrogen and oxygen atoms in total. The van der Waals surface area contributed by atoms with Gasteiger partial charge in [-0.3, -0.25) is 0 Å². The SMILES string of the molecule is Cl.[PH2][Pd]([c]1ccccc1)([c]1ccccc1)[c]1ccccc1. The van der Waals surface area contributed by atoms with Crippen LogP contribution in [0.4, 0.5) is 0 Å². The van der Waals surface area contributed by atoms with Gasteiger partial charge < -0.3 is 0 Å². The number of halogens is 1. The minimum atomic E-state index is -2.10. The van der Waals surface area contributed by atoms with E-state index in [1.807, 2.05) is 0 Å². The van der Waals surface area contributed by atoms with Crippen LogP contribution in [-0.2, 0) is 15.0 Å². The molecule has 1 atom stereocenters. The Labute approximate surface area is 137 Å². The summed E-state index contributed by atoms with van der Waals surface area (Å²) in [6, 6.07) is 32.6. The van der Waals surface area contributed by atoms with Crippen molar-refractivity contribution >= 4 is 31.9 Å². The van der Waals surface area contributed by atoms with Crippen molar-refractivity contribution in [2.45, 2.75) is 0 Å². The first-order valence-electron chi connectivity index (χ1n) is 6.39. The molecule has 3 rings (SSSR count). The number of benzene rings is 3. The fourth-order valence-corrected chi connectivity index (χ4v) is 9.09. The van der Waals surface area contributed by atoms with Crippen LogP contribution >= 0.6 is 19.8 Å². The van der Waals surface area contributed by atoms with Gasteiger partial charge in [0, 0.05) is 0 Å². The van der Waals surface area contributed by atoms with E-state index in [2.05, 4.69) is 98.4 Å². The zero-order chi connectivity index (χ0) is 13.8. The van der Waals surface area contributed by atoms with E-state index < -0.39 is 15.0 Å². The van der Waals surface area contributed by atoms with Gasteiger partial charge in [0.2, 0.25) is 0 Å².